The average Bonchev–Trinajstić information content (AvgIpc) is 3.15. The van der Waals surface area contributed by atoms with Crippen LogP contribution in [0.5, 0.6) is 5.75 Å². The summed E-state index contributed by atoms with van der Waals surface area (Å²) in [4.78, 5) is 7.82. The van der Waals surface area contributed by atoms with Crippen molar-refractivity contribution in [2.45, 2.75) is 31.6 Å². The molecule has 2 unspecified atom stereocenters. The smallest absolute Gasteiger partial charge is 0.132 e. The molecule has 6 nitrogen and oxygen atoms in total. The van der Waals surface area contributed by atoms with Crippen LogP contribution in [-0.2, 0) is 11.2 Å². The van der Waals surface area contributed by atoms with Crippen molar-refractivity contribution >= 4 is 32.9 Å². The topological polar surface area (TPSA) is 58.7 Å². The summed E-state index contributed by atoms with van der Waals surface area (Å²) >= 11 is 1.62. The number of fused-ring (bicyclic) bond motifs is 4. The number of halogens is 1. The highest BCUT2D eigenvalue weighted by molar-refractivity contribution is 7.17. The molecule has 3 aliphatic heterocycles. The molecule has 2 N–H and O–H groups in total. The van der Waals surface area contributed by atoms with Crippen LogP contribution in [0.15, 0.2) is 29.6 Å². The van der Waals surface area contributed by atoms with Gasteiger partial charge in [-0.1, -0.05) is 0 Å². The maximum Gasteiger partial charge on any atom is 0.132 e. The highest BCUT2D eigenvalue weighted by Gasteiger charge is 2.32. The molecule has 0 amide bonds. The lowest BCUT2D eigenvalue weighted by Gasteiger charge is -2.43. The van der Waals surface area contributed by atoms with Crippen LogP contribution in [0, 0.1) is 12.7 Å². The summed E-state index contributed by atoms with van der Waals surface area (Å²) in [6, 6.07) is 7.78. The zero-order valence-corrected chi connectivity index (χ0v) is 18.2. The molecular formula is C23H25FN4O2S. The third kappa shape index (κ3) is 3.62. The van der Waals surface area contributed by atoms with Crippen molar-refractivity contribution in [3.05, 3.63) is 46.7 Å². The van der Waals surface area contributed by atoms with Gasteiger partial charge in [0.2, 0.25) is 0 Å². The second-order valence-corrected chi connectivity index (χ2v) is 9.52. The molecule has 2 aromatic heterocycles. The molecule has 0 radical (unpaired) electrons. The normalized spacial score (nSPS) is 25.2. The third-order valence-electron chi connectivity index (χ3n) is 6.31. The van der Waals surface area contributed by atoms with Crippen molar-refractivity contribution in [3.63, 3.8) is 0 Å². The number of aromatic nitrogens is 1. The first-order valence-electron chi connectivity index (χ1n) is 10.8. The summed E-state index contributed by atoms with van der Waals surface area (Å²) in [7, 11) is 0. The van der Waals surface area contributed by atoms with Gasteiger partial charge in [-0.15, -0.1) is 11.3 Å². The lowest BCUT2D eigenvalue weighted by molar-refractivity contribution is -0.0484. The van der Waals surface area contributed by atoms with Crippen LogP contribution in [0.25, 0.3) is 10.2 Å². The number of anilines is 2. The van der Waals surface area contributed by atoms with E-state index in [1.807, 2.05) is 19.1 Å². The lowest BCUT2D eigenvalue weighted by Crippen LogP contribution is -2.58. The maximum absolute atomic E-state index is 15.1. The van der Waals surface area contributed by atoms with Gasteiger partial charge in [0.15, 0.2) is 0 Å². The second kappa shape index (κ2) is 7.62. The Morgan fingerprint density at radius 3 is 2.90 bits per heavy atom. The van der Waals surface area contributed by atoms with Gasteiger partial charge in [-0.3, -0.25) is 0 Å². The first-order chi connectivity index (χ1) is 15.1. The first-order valence-corrected chi connectivity index (χ1v) is 11.7. The number of ether oxygens (including phenoxy) is 2. The number of hydrogen-bond acceptors (Lipinski definition) is 7. The minimum absolute atomic E-state index is 0.0146. The molecule has 31 heavy (non-hydrogen) atoms. The van der Waals surface area contributed by atoms with Gasteiger partial charge in [0.05, 0.1) is 23.9 Å². The Morgan fingerprint density at radius 1 is 1.23 bits per heavy atom. The van der Waals surface area contributed by atoms with Crippen LogP contribution in [0.3, 0.4) is 0 Å². The van der Waals surface area contributed by atoms with E-state index in [1.165, 1.54) is 0 Å². The quantitative estimate of drug-likeness (QED) is 0.652. The SMILES string of the molecule is Cc1ccc2c(N[C@H]3COc4cc(N5CC6CNCC(C5)O6)cc(F)c4C3)csc2n1. The Hall–Kier alpha value is -2.42. The number of rotatable bonds is 3. The Kier molecular flexibility index (Phi) is 4.74. The molecule has 2 fully saturated rings. The third-order valence-corrected chi connectivity index (χ3v) is 7.20. The highest BCUT2D eigenvalue weighted by Crippen LogP contribution is 2.36. The van der Waals surface area contributed by atoms with Crippen molar-refractivity contribution < 1.29 is 13.9 Å². The molecular weight excluding hydrogens is 415 g/mol. The lowest BCUT2D eigenvalue weighted by atomic mass is 10.00. The number of aryl methyl sites for hydroxylation is 1. The molecule has 3 atom stereocenters. The van der Waals surface area contributed by atoms with Crippen LogP contribution in [0.2, 0.25) is 0 Å². The Morgan fingerprint density at radius 2 is 2.06 bits per heavy atom. The van der Waals surface area contributed by atoms with Crippen molar-refractivity contribution in [2.24, 2.45) is 0 Å². The van der Waals surface area contributed by atoms with E-state index >= 15 is 4.39 Å². The standard InChI is InChI=1S/C23H25FN4O2S/c1-13-2-3-18-21(12-31-23(18)26-13)27-14-4-19-20(24)5-15(6-22(19)29-11-14)28-9-16-7-25-8-17(10-28)30-16/h2-3,5-6,12,14,16-17,25,27H,4,7-11H2,1H3/t14-,16?,17?/m1/s1. The molecule has 162 valence electrons. The Bertz CT molecular complexity index is 1120. The highest BCUT2D eigenvalue weighted by atomic mass is 32.1. The summed E-state index contributed by atoms with van der Waals surface area (Å²) in [5, 5.41) is 10.1. The van der Waals surface area contributed by atoms with Gasteiger partial charge in [-0.25, -0.2) is 9.37 Å². The number of morpholine rings is 2. The number of hydrogen-bond donors (Lipinski definition) is 2. The van der Waals surface area contributed by atoms with Crippen LogP contribution in [0.4, 0.5) is 15.8 Å². The van der Waals surface area contributed by atoms with E-state index in [1.54, 1.807) is 17.4 Å². The zero-order valence-electron chi connectivity index (χ0n) is 17.4. The predicted molar refractivity (Wildman–Crippen MR) is 121 cm³/mol. The molecule has 2 bridgehead atoms. The minimum atomic E-state index is -0.193. The summed E-state index contributed by atoms with van der Waals surface area (Å²) < 4.78 is 27.2. The fraction of sp³-hybridized carbons (Fsp3) is 0.435. The number of nitrogens with one attached hydrogen (secondary N) is 2. The fourth-order valence-electron chi connectivity index (χ4n) is 4.80. The first kappa shape index (κ1) is 19.3. The Labute approximate surface area is 184 Å². The van der Waals surface area contributed by atoms with E-state index < -0.39 is 0 Å². The molecule has 0 aliphatic carbocycles. The summed E-state index contributed by atoms with van der Waals surface area (Å²) in [6.45, 7) is 5.72. The fourth-order valence-corrected chi connectivity index (χ4v) is 5.73. The predicted octanol–water partition coefficient (Wildman–Crippen LogP) is 3.34. The largest absolute Gasteiger partial charge is 0.491 e. The van der Waals surface area contributed by atoms with Crippen LogP contribution >= 0.6 is 11.3 Å². The molecule has 1 aromatic carbocycles. The average molecular weight is 441 g/mol. The van der Waals surface area contributed by atoms with Crippen molar-refractivity contribution in [3.8, 4) is 5.75 Å². The van der Waals surface area contributed by atoms with Crippen LogP contribution in [-0.4, -0.2) is 56.0 Å². The second-order valence-electron chi connectivity index (χ2n) is 8.66. The monoisotopic (exact) mass is 440 g/mol. The van der Waals surface area contributed by atoms with E-state index in [4.69, 9.17) is 9.47 Å². The summed E-state index contributed by atoms with van der Waals surface area (Å²) in [6.07, 6.45) is 0.899. The Balaban J connectivity index is 1.21. The summed E-state index contributed by atoms with van der Waals surface area (Å²) in [5.41, 5.74) is 3.58. The van der Waals surface area contributed by atoms with Gasteiger partial charge in [-0.05, 0) is 25.1 Å². The molecule has 3 aliphatic rings. The van der Waals surface area contributed by atoms with Crippen LogP contribution < -0.4 is 20.3 Å². The van der Waals surface area contributed by atoms with Crippen LogP contribution in [0.1, 0.15) is 11.3 Å². The van der Waals surface area contributed by atoms with Gasteiger partial charge >= 0.3 is 0 Å². The van der Waals surface area contributed by atoms with Gasteiger partial charge in [-0.2, -0.15) is 0 Å². The molecule has 6 rings (SSSR count). The van der Waals surface area contributed by atoms with Gasteiger partial charge in [0.1, 0.15) is 23.0 Å². The molecule has 3 aromatic rings. The van der Waals surface area contributed by atoms with E-state index in [2.05, 4.69) is 32.0 Å². The number of thiophene rings is 1. The van der Waals surface area contributed by atoms with Crippen molar-refractivity contribution in [1.29, 1.82) is 0 Å². The minimum Gasteiger partial charge on any atom is -0.491 e. The van der Waals surface area contributed by atoms with Crippen molar-refractivity contribution in [2.75, 3.05) is 43.0 Å². The molecule has 0 spiro atoms. The van der Waals surface area contributed by atoms with E-state index in [9.17, 15) is 0 Å². The number of pyridine rings is 1. The molecule has 0 saturated carbocycles. The maximum atomic E-state index is 15.1. The van der Waals surface area contributed by atoms with E-state index in [-0.39, 0.29) is 24.1 Å². The number of benzene rings is 1. The molecule has 5 heterocycles. The molecule has 2 saturated heterocycles. The molecule has 8 heteroatoms. The van der Waals surface area contributed by atoms with E-state index in [0.29, 0.717) is 24.3 Å². The zero-order chi connectivity index (χ0) is 20.9. The van der Waals surface area contributed by atoms with E-state index in [0.717, 1.165) is 53.5 Å². The summed E-state index contributed by atoms with van der Waals surface area (Å²) in [5.74, 6) is 0.469. The van der Waals surface area contributed by atoms with Gasteiger partial charge in [0, 0.05) is 66.4 Å². The van der Waals surface area contributed by atoms with Crippen molar-refractivity contribution in [1.82, 2.24) is 10.3 Å². The number of nitrogens with zero attached hydrogens (tertiary/aromatic N) is 2. The van der Waals surface area contributed by atoms with Gasteiger partial charge < -0.3 is 25.0 Å². The van der Waals surface area contributed by atoms with Gasteiger partial charge in [0.25, 0.3) is 0 Å².